The van der Waals surface area contributed by atoms with Crippen molar-refractivity contribution in [3.05, 3.63) is 101 Å². The number of Topliss-reactive ketones (excluding diaryl/α,β-unsaturated/α-hetero) is 1. The van der Waals surface area contributed by atoms with Crippen LogP contribution in [-0.2, 0) is 6.42 Å². The lowest BCUT2D eigenvalue weighted by molar-refractivity contribution is 0.0945. The number of anilines is 1. The largest absolute Gasteiger partial charge is 0.371 e. The summed E-state index contributed by atoms with van der Waals surface area (Å²) in [6.07, 6.45) is 5.09. The Morgan fingerprint density at radius 1 is 1.03 bits per heavy atom. The summed E-state index contributed by atoms with van der Waals surface area (Å²) in [4.78, 5) is 19.5. The minimum atomic E-state index is -0.433. The molecule has 0 amide bonds. The third kappa shape index (κ3) is 4.59. The number of aromatic nitrogens is 1. The second-order valence-electron chi connectivity index (χ2n) is 8.85. The lowest BCUT2D eigenvalue weighted by atomic mass is 9.96. The molecule has 5 rings (SSSR count). The fraction of sp³-hybridized carbons (Fsp3) is 0.241. The molecule has 5 heteroatoms. The van der Waals surface area contributed by atoms with Crippen molar-refractivity contribution in [2.24, 2.45) is 0 Å². The van der Waals surface area contributed by atoms with Gasteiger partial charge in [-0.15, -0.1) is 0 Å². The number of nitrogens with one attached hydrogen (secondary N) is 2. The van der Waals surface area contributed by atoms with Gasteiger partial charge in [0.25, 0.3) is 0 Å². The van der Waals surface area contributed by atoms with Gasteiger partial charge in [-0.3, -0.25) is 4.79 Å². The Balaban J connectivity index is 1.37. The van der Waals surface area contributed by atoms with Gasteiger partial charge in [0.15, 0.2) is 5.78 Å². The zero-order valence-electron chi connectivity index (χ0n) is 19.1. The summed E-state index contributed by atoms with van der Waals surface area (Å²) in [6, 6.07) is 25.6. The van der Waals surface area contributed by atoms with Crippen LogP contribution in [0.2, 0.25) is 0 Å². The van der Waals surface area contributed by atoms with Gasteiger partial charge in [-0.05, 0) is 54.7 Å². The first-order chi connectivity index (χ1) is 16.7. The molecule has 0 bridgehead atoms. The number of H-pyrrole nitrogens is 1. The van der Waals surface area contributed by atoms with Gasteiger partial charge in [0, 0.05) is 48.0 Å². The van der Waals surface area contributed by atoms with Crippen molar-refractivity contribution in [2.45, 2.75) is 25.3 Å². The lowest BCUT2D eigenvalue weighted by Crippen LogP contribution is -2.30. The van der Waals surface area contributed by atoms with Crippen molar-refractivity contribution in [1.29, 1.82) is 5.26 Å². The molecule has 0 unspecified atom stereocenters. The van der Waals surface area contributed by atoms with Crippen LogP contribution in [0.15, 0.2) is 79.0 Å². The molecular weight excluding hydrogens is 420 g/mol. The van der Waals surface area contributed by atoms with E-state index < -0.39 is 6.04 Å². The fourth-order valence-electron chi connectivity index (χ4n) is 4.76. The number of carbonyl (C=O) groups excluding carboxylic acids is 1. The number of aromatic amines is 1. The first-order valence-corrected chi connectivity index (χ1v) is 11.9. The van der Waals surface area contributed by atoms with Crippen molar-refractivity contribution in [2.75, 3.05) is 24.5 Å². The summed E-state index contributed by atoms with van der Waals surface area (Å²) >= 11 is 0. The van der Waals surface area contributed by atoms with E-state index in [9.17, 15) is 4.79 Å². The maximum atomic E-state index is 13.8. The number of hydrogen-bond acceptors (Lipinski definition) is 4. The number of benzene rings is 3. The molecule has 0 saturated carbocycles. The average Bonchev–Trinajstić information content (AvgIpc) is 3.57. The Hall–Kier alpha value is -3.88. The molecule has 34 heavy (non-hydrogen) atoms. The molecule has 4 aromatic rings. The SMILES string of the molecule is N#Cc1ccc(CCN[C@@H](C(=O)c2c[nH]c3cc(N4CCCC4)ccc23)c2ccccc2)cc1. The molecule has 0 radical (unpaired) electrons. The first-order valence-electron chi connectivity index (χ1n) is 11.9. The van der Waals surface area contributed by atoms with Crippen LogP contribution in [0.25, 0.3) is 10.9 Å². The minimum Gasteiger partial charge on any atom is -0.371 e. The van der Waals surface area contributed by atoms with E-state index in [4.69, 9.17) is 5.26 Å². The van der Waals surface area contributed by atoms with Crippen molar-refractivity contribution in [1.82, 2.24) is 10.3 Å². The Morgan fingerprint density at radius 2 is 1.79 bits per heavy atom. The van der Waals surface area contributed by atoms with E-state index in [1.807, 2.05) is 60.8 Å². The van der Waals surface area contributed by atoms with E-state index in [0.717, 1.165) is 41.5 Å². The van der Waals surface area contributed by atoms with E-state index in [-0.39, 0.29) is 5.78 Å². The Kier molecular flexibility index (Phi) is 6.42. The molecule has 2 heterocycles. The molecule has 5 nitrogen and oxygen atoms in total. The highest BCUT2D eigenvalue weighted by Crippen LogP contribution is 2.29. The molecule has 1 aromatic heterocycles. The van der Waals surface area contributed by atoms with E-state index in [0.29, 0.717) is 17.7 Å². The van der Waals surface area contributed by atoms with Crippen LogP contribution < -0.4 is 10.2 Å². The summed E-state index contributed by atoms with van der Waals surface area (Å²) in [6.45, 7) is 2.84. The van der Waals surface area contributed by atoms with Crippen molar-refractivity contribution in [3.8, 4) is 6.07 Å². The van der Waals surface area contributed by atoms with Gasteiger partial charge in [-0.1, -0.05) is 48.5 Å². The molecule has 1 fully saturated rings. The maximum absolute atomic E-state index is 13.8. The molecule has 1 aliphatic rings. The predicted molar refractivity (Wildman–Crippen MR) is 136 cm³/mol. The molecule has 0 spiro atoms. The van der Waals surface area contributed by atoms with Crippen LogP contribution in [-0.4, -0.2) is 30.4 Å². The summed E-state index contributed by atoms with van der Waals surface area (Å²) in [5.74, 6) is 0.0613. The molecular formula is C29H28N4O. The maximum Gasteiger partial charge on any atom is 0.186 e. The highest BCUT2D eigenvalue weighted by atomic mass is 16.1. The van der Waals surface area contributed by atoms with Gasteiger partial charge in [-0.2, -0.15) is 5.26 Å². The van der Waals surface area contributed by atoms with Gasteiger partial charge >= 0.3 is 0 Å². The highest BCUT2D eigenvalue weighted by Gasteiger charge is 2.24. The standard InChI is InChI=1S/C29H28N4O/c30-19-22-10-8-21(9-11-22)14-15-31-28(23-6-2-1-3-7-23)29(34)26-20-32-27-18-24(12-13-25(26)27)33-16-4-5-17-33/h1-3,6-13,18,20,28,31-32H,4-5,14-17H2/t28-/m1/s1. The Bertz CT molecular complexity index is 1310. The van der Waals surface area contributed by atoms with Crippen LogP contribution in [0, 0.1) is 11.3 Å². The Morgan fingerprint density at radius 3 is 2.53 bits per heavy atom. The Labute approximate surface area is 200 Å². The van der Waals surface area contributed by atoms with Gasteiger partial charge in [0.1, 0.15) is 0 Å². The minimum absolute atomic E-state index is 0.0613. The normalized spacial score (nSPS) is 14.3. The number of fused-ring (bicyclic) bond motifs is 1. The molecule has 2 N–H and O–H groups in total. The second kappa shape index (κ2) is 9.94. The predicted octanol–water partition coefficient (Wildman–Crippen LogP) is 5.40. The molecule has 0 aliphatic carbocycles. The van der Waals surface area contributed by atoms with Crippen molar-refractivity contribution < 1.29 is 4.79 Å². The average molecular weight is 449 g/mol. The van der Waals surface area contributed by atoms with Gasteiger partial charge in [-0.25, -0.2) is 0 Å². The van der Waals surface area contributed by atoms with E-state index in [1.54, 1.807) is 0 Å². The van der Waals surface area contributed by atoms with E-state index >= 15 is 0 Å². The number of nitrogens with zero attached hydrogens (tertiary/aromatic N) is 2. The second-order valence-corrected chi connectivity index (χ2v) is 8.85. The number of hydrogen-bond donors (Lipinski definition) is 2. The smallest absolute Gasteiger partial charge is 0.186 e. The van der Waals surface area contributed by atoms with E-state index in [2.05, 4.69) is 39.5 Å². The third-order valence-electron chi connectivity index (χ3n) is 6.64. The third-order valence-corrected chi connectivity index (χ3v) is 6.64. The van der Waals surface area contributed by atoms with Gasteiger partial charge in [0.05, 0.1) is 17.7 Å². The van der Waals surface area contributed by atoms with E-state index in [1.165, 1.54) is 18.5 Å². The topological polar surface area (TPSA) is 71.9 Å². The summed E-state index contributed by atoms with van der Waals surface area (Å²) in [5, 5.41) is 13.4. The van der Waals surface area contributed by atoms with Crippen LogP contribution >= 0.6 is 0 Å². The number of ketones is 1. The van der Waals surface area contributed by atoms with Gasteiger partial charge in [0.2, 0.25) is 0 Å². The summed E-state index contributed by atoms with van der Waals surface area (Å²) in [7, 11) is 0. The lowest BCUT2D eigenvalue weighted by Gasteiger charge is -2.19. The van der Waals surface area contributed by atoms with Crippen LogP contribution in [0.4, 0.5) is 5.69 Å². The molecule has 170 valence electrons. The number of carbonyl (C=O) groups is 1. The number of nitriles is 1. The number of rotatable bonds is 8. The fourth-order valence-corrected chi connectivity index (χ4v) is 4.76. The summed E-state index contributed by atoms with van der Waals surface area (Å²) in [5.41, 5.74) is 5.66. The molecule has 3 aromatic carbocycles. The zero-order valence-corrected chi connectivity index (χ0v) is 19.1. The quantitative estimate of drug-likeness (QED) is 0.354. The highest BCUT2D eigenvalue weighted by molar-refractivity contribution is 6.11. The van der Waals surface area contributed by atoms with Crippen molar-refractivity contribution in [3.63, 3.8) is 0 Å². The van der Waals surface area contributed by atoms with Gasteiger partial charge < -0.3 is 15.2 Å². The molecule has 1 aliphatic heterocycles. The molecule has 1 saturated heterocycles. The molecule has 1 atom stereocenters. The van der Waals surface area contributed by atoms with Crippen molar-refractivity contribution >= 4 is 22.4 Å². The first kappa shape index (κ1) is 21.9. The van der Waals surface area contributed by atoms with Crippen LogP contribution in [0.3, 0.4) is 0 Å². The summed E-state index contributed by atoms with van der Waals surface area (Å²) < 4.78 is 0. The zero-order chi connectivity index (χ0) is 23.3. The van der Waals surface area contributed by atoms with Crippen LogP contribution in [0.5, 0.6) is 0 Å². The van der Waals surface area contributed by atoms with Crippen LogP contribution in [0.1, 0.15) is 45.9 Å². The monoisotopic (exact) mass is 448 g/mol.